The first kappa shape index (κ1) is 13.9. The molecule has 0 unspecified atom stereocenters. The summed E-state index contributed by atoms with van der Waals surface area (Å²) in [7, 11) is 0. The number of esters is 1. The van der Waals surface area contributed by atoms with E-state index in [1.807, 2.05) is 0 Å². The van der Waals surface area contributed by atoms with Gasteiger partial charge in [0.1, 0.15) is 25.4 Å². The van der Waals surface area contributed by atoms with Gasteiger partial charge in [-0.2, -0.15) is 0 Å². The molecule has 0 radical (unpaired) electrons. The Labute approximate surface area is 114 Å². The number of rotatable bonds is 4. The number of benzene rings is 1. The van der Waals surface area contributed by atoms with Gasteiger partial charge >= 0.3 is 5.97 Å². The number of nitro benzene ring substituents is 1. The van der Waals surface area contributed by atoms with Crippen molar-refractivity contribution in [1.82, 2.24) is 0 Å². The topological polar surface area (TPSA) is 87.9 Å². The van der Waals surface area contributed by atoms with Gasteiger partial charge in [-0.15, -0.1) is 0 Å². The van der Waals surface area contributed by atoms with Crippen LogP contribution in [0.5, 0.6) is 11.5 Å². The predicted molar refractivity (Wildman–Crippen MR) is 69.2 cm³/mol. The van der Waals surface area contributed by atoms with E-state index in [9.17, 15) is 14.9 Å². The molecule has 0 saturated carbocycles. The lowest BCUT2D eigenvalue weighted by molar-refractivity contribution is -0.385. The molecule has 106 valence electrons. The van der Waals surface area contributed by atoms with Gasteiger partial charge in [0, 0.05) is 6.07 Å². The summed E-state index contributed by atoms with van der Waals surface area (Å²) in [6.07, 6.45) is 0. The Morgan fingerprint density at radius 2 is 2.00 bits per heavy atom. The minimum absolute atomic E-state index is 0.00439. The maximum atomic E-state index is 11.9. The summed E-state index contributed by atoms with van der Waals surface area (Å²) in [6.45, 7) is 5.92. The molecule has 20 heavy (non-hydrogen) atoms. The number of carbonyl (C=O) groups excluding carboxylic acids is 1. The molecule has 1 aliphatic rings. The van der Waals surface area contributed by atoms with E-state index in [-0.39, 0.29) is 23.6 Å². The first-order valence-electron chi connectivity index (χ1n) is 5.88. The fraction of sp³-hybridized carbons (Fsp3) is 0.308. The lowest BCUT2D eigenvalue weighted by Crippen LogP contribution is -2.17. The zero-order valence-electron chi connectivity index (χ0n) is 10.9. The van der Waals surface area contributed by atoms with Gasteiger partial charge in [0.2, 0.25) is 0 Å². The van der Waals surface area contributed by atoms with Gasteiger partial charge in [-0.3, -0.25) is 10.1 Å². The standard InChI is InChI=1S/C13H13NO6/c1-8(2)7-20-13(15)9-5-11-12(19-4-3-18-11)6-10(9)14(16)17/h5-6H,1,3-4,7H2,2H3. The lowest BCUT2D eigenvalue weighted by Gasteiger charge is -2.18. The molecular formula is C13H13NO6. The number of hydrogen-bond donors (Lipinski definition) is 0. The molecular weight excluding hydrogens is 266 g/mol. The first-order valence-corrected chi connectivity index (χ1v) is 5.88. The molecule has 0 amide bonds. The van der Waals surface area contributed by atoms with Gasteiger partial charge in [-0.05, 0) is 12.5 Å². The monoisotopic (exact) mass is 279 g/mol. The van der Waals surface area contributed by atoms with Gasteiger partial charge in [-0.25, -0.2) is 4.79 Å². The molecule has 0 aromatic heterocycles. The number of ether oxygens (including phenoxy) is 3. The molecule has 1 aliphatic heterocycles. The van der Waals surface area contributed by atoms with Crippen LogP contribution in [0.1, 0.15) is 17.3 Å². The van der Waals surface area contributed by atoms with Crippen molar-refractivity contribution in [3.63, 3.8) is 0 Å². The van der Waals surface area contributed by atoms with Crippen LogP contribution in [0.25, 0.3) is 0 Å². The summed E-state index contributed by atoms with van der Waals surface area (Å²) >= 11 is 0. The quantitative estimate of drug-likeness (QED) is 0.363. The maximum Gasteiger partial charge on any atom is 0.345 e. The fourth-order valence-electron chi connectivity index (χ4n) is 1.66. The minimum Gasteiger partial charge on any atom is -0.486 e. The smallest absolute Gasteiger partial charge is 0.345 e. The van der Waals surface area contributed by atoms with Gasteiger partial charge in [0.05, 0.1) is 11.0 Å². The molecule has 0 atom stereocenters. The SMILES string of the molecule is C=C(C)COC(=O)c1cc2c(cc1[N+](=O)[O-])OCCO2. The van der Waals surface area contributed by atoms with E-state index in [1.165, 1.54) is 12.1 Å². The van der Waals surface area contributed by atoms with Gasteiger partial charge < -0.3 is 14.2 Å². The number of nitro groups is 1. The number of carbonyl (C=O) groups is 1. The predicted octanol–water partition coefficient (Wildman–Crippen LogP) is 2.10. The second-order valence-electron chi connectivity index (χ2n) is 4.30. The van der Waals surface area contributed by atoms with E-state index >= 15 is 0 Å². The molecule has 1 heterocycles. The number of nitrogens with zero attached hydrogens (tertiary/aromatic N) is 1. The summed E-state index contributed by atoms with van der Waals surface area (Å²) in [5.74, 6) is -0.250. The lowest BCUT2D eigenvalue weighted by atomic mass is 10.1. The third-order valence-electron chi connectivity index (χ3n) is 2.53. The van der Waals surface area contributed by atoms with Crippen LogP contribution in [-0.2, 0) is 4.74 Å². The number of fused-ring (bicyclic) bond motifs is 1. The highest BCUT2D eigenvalue weighted by molar-refractivity contribution is 5.95. The van der Waals surface area contributed by atoms with E-state index < -0.39 is 10.9 Å². The Morgan fingerprint density at radius 1 is 1.40 bits per heavy atom. The Morgan fingerprint density at radius 3 is 2.55 bits per heavy atom. The Bertz CT molecular complexity index is 580. The van der Waals surface area contributed by atoms with Crippen molar-refractivity contribution in [3.8, 4) is 11.5 Å². The van der Waals surface area contributed by atoms with E-state index in [1.54, 1.807) is 6.92 Å². The van der Waals surface area contributed by atoms with Crippen LogP contribution < -0.4 is 9.47 Å². The number of hydrogen-bond acceptors (Lipinski definition) is 6. The fourth-order valence-corrected chi connectivity index (χ4v) is 1.66. The molecule has 1 aromatic rings. The highest BCUT2D eigenvalue weighted by atomic mass is 16.6. The van der Waals surface area contributed by atoms with E-state index in [2.05, 4.69) is 6.58 Å². The summed E-state index contributed by atoms with van der Waals surface area (Å²) in [5.41, 5.74) is 0.0972. The van der Waals surface area contributed by atoms with Crippen molar-refractivity contribution >= 4 is 11.7 Å². The minimum atomic E-state index is -0.795. The Hall–Kier alpha value is -2.57. The largest absolute Gasteiger partial charge is 0.486 e. The molecule has 7 nitrogen and oxygen atoms in total. The molecule has 0 saturated heterocycles. The molecule has 2 rings (SSSR count). The van der Waals surface area contributed by atoms with Crippen LogP contribution in [0.3, 0.4) is 0 Å². The van der Waals surface area contributed by atoms with E-state index in [4.69, 9.17) is 14.2 Å². The molecule has 0 spiro atoms. The third-order valence-corrected chi connectivity index (χ3v) is 2.53. The highest BCUT2D eigenvalue weighted by Gasteiger charge is 2.27. The van der Waals surface area contributed by atoms with Crippen molar-refractivity contribution in [2.45, 2.75) is 6.92 Å². The van der Waals surface area contributed by atoms with Crippen molar-refractivity contribution in [1.29, 1.82) is 0 Å². The summed E-state index contributed by atoms with van der Waals surface area (Å²) in [6, 6.07) is 2.44. The molecule has 7 heteroatoms. The molecule has 0 N–H and O–H groups in total. The van der Waals surface area contributed by atoms with Crippen LogP contribution in [0.15, 0.2) is 24.3 Å². The zero-order valence-corrected chi connectivity index (χ0v) is 10.9. The van der Waals surface area contributed by atoms with Crippen molar-refractivity contribution in [3.05, 3.63) is 40.0 Å². The molecule has 0 bridgehead atoms. The Balaban J connectivity index is 2.37. The van der Waals surface area contributed by atoms with E-state index in [0.717, 1.165) is 0 Å². The molecule has 1 aromatic carbocycles. The van der Waals surface area contributed by atoms with Crippen LogP contribution in [0.2, 0.25) is 0 Å². The van der Waals surface area contributed by atoms with Gasteiger partial charge in [-0.1, -0.05) is 6.58 Å². The average Bonchev–Trinajstić information content (AvgIpc) is 2.43. The van der Waals surface area contributed by atoms with Crippen molar-refractivity contribution in [2.75, 3.05) is 19.8 Å². The summed E-state index contributed by atoms with van der Waals surface area (Å²) in [4.78, 5) is 22.3. The van der Waals surface area contributed by atoms with Crippen LogP contribution in [0, 0.1) is 10.1 Å². The molecule has 0 fully saturated rings. The van der Waals surface area contributed by atoms with E-state index in [0.29, 0.717) is 24.5 Å². The zero-order chi connectivity index (χ0) is 14.7. The van der Waals surface area contributed by atoms with Crippen LogP contribution >= 0.6 is 0 Å². The van der Waals surface area contributed by atoms with Gasteiger partial charge in [0.15, 0.2) is 11.5 Å². The van der Waals surface area contributed by atoms with Crippen LogP contribution in [0.4, 0.5) is 5.69 Å². The Kier molecular flexibility index (Phi) is 3.88. The summed E-state index contributed by atoms with van der Waals surface area (Å²) in [5, 5.41) is 11.0. The third kappa shape index (κ3) is 2.87. The van der Waals surface area contributed by atoms with Crippen LogP contribution in [-0.4, -0.2) is 30.7 Å². The normalized spacial score (nSPS) is 12.7. The second kappa shape index (κ2) is 5.60. The average molecular weight is 279 g/mol. The highest BCUT2D eigenvalue weighted by Crippen LogP contribution is 2.36. The van der Waals surface area contributed by atoms with Crippen molar-refractivity contribution in [2.24, 2.45) is 0 Å². The second-order valence-corrected chi connectivity index (χ2v) is 4.30. The first-order chi connectivity index (χ1) is 9.49. The van der Waals surface area contributed by atoms with Crippen molar-refractivity contribution < 1.29 is 23.9 Å². The van der Waals surface area contributed by atoms with Gasteiger partial charge in [0.25, 0.3) is 5.69 Å². The summed E-state index contributed by atoms with van der Waals surface area (Å²) < 4.78 is 15.5. The molecule has 0 aliphatic carbocycles. The maximum absolute atomic E-state index is 11.9.